The van der Waals surface area contributed by atoms with Gasteiger partial charge in [-0.15, -0.1) is 0 Å². The van der Waals surface area contributed by atoms with Crippen LogP contribution < -0.4 is 5.32 Å². The molecule has 0 saturated carbocycles. The first-order chi connectivity index (χ1) is 10.3. The van der Waals surface area contributed by atoms with Gasteiger partial charge < -0.3 is 10.2 Å². The van der Waals surface area contributed by atoms with Crippen LogP contribution in [-0.4, -0.2) is 52.2 Å². The van der Waals surface area contributed by atoms with Crippen molar-refractivity contribution in [2.45, 2.75) is 24.7 Å². The highest BCUT2D eigenvalue weighted by Gasteiger charge is 2.25. The highest BCUT2D eigenvalue weighted by molar-refractivity contribution is 7.90. The summed E-state index contributed by atoms with van der Waals surface area (Å²) in [6.45, 7) is 4.28. The van der Waals surface area contributed by atoms with E-state index in [0.29, 0.717) is 11.5 Å². The molecule has 1 N–H and O–H groups in total. The third-order valence-electron chi connectivity index (χ3n) is 4.26. The van der Waals surface area contributed by atoms with Gasteiger partial charge in [-0.2, -0.15) is 0 Å². The van der Waals surface area contributed by atoms with Crippen molar-refractivity contribution in [1.82, 2.24) is 10.2 Å². The van der Waals surface area contributed by atoms with Crippen LogP contribution in [0, 0.1) is 12.8 Å². The molecule has 2 rings (SSSR count). The molecule has 6 heteroatoms. The van der Waals surface area contributed by atoms with Gasteiger partial charge in [-0.25, -0.2) is 8.42 Å². The van der Waals surface area contributed by atoms with Crippen molar-refractivity contribution in [3.63, 3.8) is 0 Å². The van der Waals surface area contributed by atoms with Gasteiger partial charge in [0.1, 0.15) is 0 Å². The molecule has 1 fully saturated rings. The monoisotopic (exact) mass is 324 g/mol. The molecule has 0 aromatic heterocycles. The standard InChI is InChI=1S/C16H24N2O3S/c1-12-4-5-14(22(3,20)21)10-15(12)16(19)18-8-6-13(7-9-18)11-17-2/h4-5,10,13,17H,6-9,11H2,1-3H3. The van der Waals surface area contributed by atoms with E-state index >= 15 is 0 Å². The maximum absolute atomic E-state index is 12.7. The number of nitrogens with one attached hydrogen (secondary N) is 1. The smallest absolute Gasteiger partial charge is 0.254 e. The topological polar surface area (TPSA) is 66.5 Å². The molecule has 1 aliphatic rings. The number of hydrogen-bond donors (Lipinski definition) is 1. The molecule has 1 amide bonds. The van der Waals surface area contributed by atoms with Crippen molar-refractivity contribution in [2.75, 3.05) is 32.9 Å². The summed E-state index contributed by atoms with van der Waals surface area (Å²) in [5, 5.41) is 3.18. The van der Waals surface area contributed by atoms with Crippen molar-refractivity contribution in [3.8, 4) is 0 Å². The Balaban J connectivity index is 2.17. The first-order valence-electron chi connectivity index (χ1n) is 7.57. The maximum atomic E-state index is 12.7. The van der Waals surface area contributed by atoms with Gasteiger partial charge in [0.05, 0.1) is 4.90 Å². The molecule has 0 atom stereocenters. The highest BCUT2D eigenvalue weighted by Crippen LogP contribution is 2.21. The molecule has 1 aromatic carbocycles. The number of carbonyl (C=O) groups is 1. The average molecular weight is 324 g/mol. The van der Waals surface area contributed by atoms with Crippen molar-refractivity contribution < 1.29 is 13.2 Å². The molecule has 0 unspecified atom stereocenters. The van der Waals surface area contributed by atoms with Crippen LogP contribution in [-0.2, 0) is 9.84 Å². The number of hydrogen-bond acceptors (Lipinski definition) is 4. The Bertz CT molecular complexity index is 647. The van der Waals surface area contributed by atoms with E-state index in [1.54, 1.807) is 12.1 Å². The third kappa shape index (κ3) is 3.87. The SMILES string of the molecule is CNCC1CCN(C(=O)c2cc(S(C)(=O)=O)ccc2C)CC1. The summed E-state index contributed by atoms with van der Waals surface area (Å²) < 4.78 is 23.4. The number of benzene rings is 1. The minimum absolute atomic E-state index is 0.0640. The predicted molar refractivity (Wildman–Crippen MR) is 86.8 cm³/mol. The molecule has 1 saturated heterocycles. The van der Waals surface area contributed by atoms with Crippen LogP contribution in [0.3, 0.4) is 0 Å². The number of carbonyl (C=O) groups excluding carboxylic acids is 1. The van der Waals surface area contributed by atoms with Crippen molar-refractivity contribution in [3.05, 3.63) is 29.3 Å². The van der Waals surface area contributed by atoms with E-state index in [9.17, 15) is 13.2 Å². The van der Waals surface area contributed by atoms with Crippen LogP contribution in [0.25, 0.3) is 0 Å². The first kappa shape index (κ1) is 17.0. The number of likely N-dealkylation sites (tertiary alicyclic amines) is 1. The second kappa shape index (κ2) is 6.79. The highest BCUT2D eigenvalue weighted by atomic mass is 32.2. The predicted octanol–water partition coefficient (Wildman–Crippen LogP) is 1.47. The Morgan fingerprint density at radius 1 is 1.32 bits per heavy atom. The van der Waals surface area contributed by atoms with Crippen molar-refractivity contribution >= 4 is 15.7 Å². The second-order valence-corrected chi connectivity index (χ2v) is 8.06. The van der Waals surface area contributed by atoms with Gasteiger partial charge in [0.25, 0.3) is 5.91 Å². The lowest BCUT2D eigenvalue weighted by Gasteiger charge is -2.32. The van der Waals surface area contributed by atoms with Crippen molar-refractivity contribution in [2.24, 2.45) is 5.92 Å². The Labute approximate surface area is 132 Å². The van der Waals surface area contributed by atoms with E-state index in [-0.39, 0.29) is 10.8 Å². The minimum Gasteiger partial charge on any atom is -0.339 e. The van der Waals surface area contributed by atoms with Crippen LogP contribution >= 0.6 is 0 Å². The zero-order valence-electron chi connectivity index (χ0n) is 13.4. The molecule has 0 bridgehead atoms. The van der Waals surface area contributed by atoms with E-state index in [2.05, 4.69) is 5.32 Å². The largest absolute Gasteiger partial charge is 0.339 e. The lowest BCUT2D eigenvalue weighted by molar-refractivity contribution is 0.0690. The third-order valence-corrected chi connectivity index (χ3v) is 5.37. The van der Waals surface area contributed by atoms with Gasteiger partial charge in [0.2, 0.25) is 0 Å². The molecular formula is C16H24N2O3S. The summed E-state index contributed by atoms with van der Waals surface area (Å²) in [5.41, 5.74) is 1.31. The summed E-state index contributed by atoms with van der Waals surface area (Å²) in [6, 6.07) is 4.77. The normalized spacial score (nSPS) is 16.8. The number of aryl methyl sites for hydroxylation is 1. The Hall–Kier alpha value is -1.40. The van der Waals surface area contributed by atoms with Crippen molar-refractivity contribution in [1.29, 1.82) is 0 Å². The van der Waals surface area contributed by atoms with Gasteiger partial charge in [0.15, 0.2) is 9.84 Å². The lowest BCUT2D eigenvalue weighted by Crippen LogP contribution is -2.40. The number of sulfone groups is 1. The first-order valence-corrected chi connectivity index (χ1v) is 9.46. The fourth-order valence-corrected chi connectivity index (χ4v) is 3.51. The van der Waals surface area contributed by atoms with Gasteiger partial charge in [-0.3, -0.25) is 4.79 Å². The molecule has 122 valence electrons. The lowest BCUT2D eigenvalue weighted by atomic mass is 9.96. The zero-order chi connectivity index (χ0) is 16.3. The average Bonchev–Trinajstić information content (AvgIpc) is 2.47. The maximum Gasteiger partial charge on any atom is 0.254 e. The quantitative estimate of drug-likeness (QED) is 0.911. The number of rotatable bonds is 4. The summed E-state index contributed by atoms with van der Waals surface area (Å²) >= 11 is 0. The van der Waals surface area contributed by atoms with Crippen LogP contribution in [0.5, 0.6) is 0 Å². The number of piperidine rings is 1. The fourth-order valence-electron chi connectivity index (χ4n) is 2.86. The molecular weight excluding hydrogens is 300 g/mol. The summed E-state index contributed by atoms with van der Waals surface area (Å²) in [4.78, 5) is 14.7. The molecule has 0 aliphatic carbocycles. The summed E-state index contributed by atoms with van der Waals surface area (Å²) in [5.74, 6) is 0.545. The van der Waals surface area contributed by atoms with Gasteiger partial charge in [0, 0.05) is 24.9 Å². The van der Waals surface area contributed by atoms with Gasteiger partial charge >= 0.3 is 0 Å². The minimum atomic E-state index is -3.30. The fraction of sp³-hybridized carbons (Fsp3) is 0.562. The van der Waals surface area contributed by atoms with Gasteiger partial charge in [-0.1, -0.05) is 6.07 Å². The van der Waals surface area contributed by atoms with E-state index in [4.69, 9.17) is 0 Å². The number of amides is 1. The van der Waals surface area contributed by atoms with E-state index < -0.39 is 9.84 Å². The summed E-state index contributed by atoms with van der Waals surface area (Å²) in [6.07, 6.45) is 3.13. The Morgan fingerprint density at radius 2 is 1.95 bits per heavy atom. The second-order valence-electron chi connectivity index (χ2n) is 6.04. The van der Waals surface area contributed by atoms with Gasteiger partial charge in [-0.05, 0) is 57.0 Å². The van der Waals surface area contributed by atoms with E-state index in [1.165, 1.54) is 6.07 Å². The molecule has 0 spiro atoms. The Kier molecular flexibility index (Phi) is 5.24. The van der Waals surface area contributed by atoms with Crippen LogP contribution in [0.15, 0.2) is 23.1 Å². The molecule has 0 radical (unpaired) electrons. The molecule has 1 aliphatic heterocycles. The summed E-state index contributed by atoms with van der Waals surface area (Å²) in [7, 11) is -1.36. The molecule has 22 heavy (non-hydrogen) atoms. The van der Waals surface area contributed by atoms with E-state index in [0.717, 1.165) is 44.3 Å². The van der Waals surface area contributed by atoms with E-state index in [1.807, 2.05) is 18.9 Å². The molecule has 5 nitrogen and oxygen atoms in total. The van der Waals surface area contributed by atoms with Crippen LogP contribution in [0.2, 0.25) is 0 Å². The molecule has 1 aromatic rings. The Morgan fingerprint density at radius 3 is 2.50 bits per heavy atom. The van der Waals surface area contributed by atoms with Crippen LogP contribution in [0.1, 0.15) is 28.8 Å². The zero-order valence-corrected chi connectivity index (χ0v) is 14.2. The number of nitrogens with zero attached hydrogens (tertiary/aromatic N) is 1. The molecule has 1 heterocycles. The van der Waals surface area contributed by atoms with Crippen LogP contribution in [0.4, 0.5) is 0 Å².